The van der Waals surface area contributed by atoms with Crippen molar-refractivity contribution in [3.05, 3.63) is 0 Å². The lowest BCUT2D eigenvalue weighted by Crippen LogP contribution is -2.71. The van der Waals surface area contributed by atoms with Crippen LogP contribution in [0, 0.1) is 0 Å². The molecule has 0 amide bonds. The van der Waals surface area contributed by atoms with Gasteiger partial charge in [-0.3, -0.25) is 0 Å². The van der Waals surface area contributed by atoms with Gasteiger partial charge in [0.1, 0.15) is 0 Å². The molecule has 0 aliphatic carbocycles. The van der Waals surface area contributed by atoms with Gasteiger partial charge in [0.2, 0.25) is 0 Å². The molecule has 418 valence electrons. The molecule has 0 radical (unpaired) electrons. The molecule has 0 fully saturated rings. The maximum atomic E-state index is 6.63. The van der Waals surface area contributed by atoms with Crippen LogP contribution in [-0.2, 0) is 117 Å². The Morgan fingerprint density at radius 2 is 0.377 bits per heavy atom. The second-order valence-electron chi connectivity index (χ2n) is 12.5. The maximum absolute atomic E-state index is 6.63. The van der Waals surface area contributed by atoms with E-state index in [0.717, 1.165) is 0 Å². The van der Waals surface area contributed by atoms with Crippen LogP contribution in [0.5, 0.6) is 0 Å². The molecule has 0 aliphatic heterocycles. The third-order valence-electron chi connectivity index (χ3n) is 8.07. The Hall–Kier alpha value is 0.872. The van der Waals surface area contributed by atoms with Crippen molar-refractivity contribution in [2.24, 2.45) is 0 Å². The SMILES string of the molecule is CCO[Si](C)(OCC)O[Si](OCC)(OCC)O[Si](OCC)(OCC)O[Si](OCC)(OCC)O[Si](OCC)(OCC)OCC.CO[Si](C)(OC)O[Si](OC)(OC)O[Si](OC)(OC)O[Si](OC)(OC)OC. The molecule has 0 saturated heterocycles. The molecule has 0 unspecified atom stereocenters. The van der Waals surface area contributed by atoms with Crippen LogP contribution in [-0.4, -0.2) is 218 Å². The fraction of sp³-hybridized carbons (Fsp3) is 1.00. The summed E-state index contributed by atoms with van der Waals surface area (Å²) in [7, 11) is -22.4. The minimum Gasteiger partial charge on any atom is -0.377 e. The smallest absolute Gasteiger partial charge is 0.377 e. The van der Waals surface area contributed by atoms with E-state index in [1.807, 2.05) is 13.8 Å². The van der Waals surface area contributed by atoms with Gasteiger partial charge in [-0.25, -0.2) is 0 Å². The lowest BCUT2D eigenvalue weighted by Gasteiger charge is -2.42. The number of rotatable bonds is 45. The summed E-state index contributed by atoms with van der Waals surface area (Å²) >= 11 is 0. The Balaban J connectivity index is 0. The second-order valence-corrected chi connectivity index (χ2v) is 35.6. The average molecular weight is 1170 g/mol. The van der Waals surface area contributed by atoms with E-state index in [1.165, 1.54) is 64.0 Å². The first-order valence-electron chi connectivity index (χ1n) is 22.6. The van der Waals surface area contributed by atoms with E-state index < -0.39 is 80.9 Å². The number of hydrogen-bond donors (Lipinski definition) is 0. The van der Waals surface area contributed by atoms with Crippen molar-refractivity contribution in [1.82, 2.24) is 0 Å². The van der Waals surface area contributed by atoms with Crippen molar-refractivity contribution in [2.45, 2.75) is 89.3 Å². The molecule has 27 nitrogen and oxygen atoms in total. The Morgan fingerprint density at radius 3 is 0.623 bits per heavy atom. The van der Waals surface area contributed by atoms with Crippen LogP contribution in [0.3, 0.4) is 0 Å². The molecule has 0 bridgehead atoms. The standard InChI is InChI=1S/C23H58O15Si5.C10H30O12Si4/c1-13-24-39(12,25-14-2)35-41(29-18-6,30-19-7)37-43(33-22-10,34-23-11)38-42(31-20-8,32-21-9)36-40(26-15-3,27-16-4)28-17-5;1-11-23(10,12-2)20-25(16-6,17-7)22-26(18-8,19-9)21-24(13-3,14-4)15-5/h13-23H2,1-12H3;1-10H3. The summed E-state index contributed by atoms with van der Waals surface area (Å²) in [4.78, 5) is 0. The van der Waals surface area contributed by atoms with E-state index >= 15 is 0 Å². The first kappa shape index (κ1) is 71.9. The fourth-order valence-electron chi connectivity index (χ4n) is 5.27. The topological polar surface area (TPSA) is 249 Å². The maximum Gasteiger partial charge on any atom is 0.673 e. The monoisotopic (exact) mass is 1170 g/mol. The predicted molar refractivity (Wildman–Crippen MR) is 262 cm³/mol. The highest BCUT2D eigenvalue weighted by molar-refractivity contribution is 6.80. The van der Waals surface area contributed by atoms with Gasteiger partial charge in [0, 0.05) is 150 Å². The minimum atomic E-state index is -4.39. The molecular formula is C33H88O27Si9. The van der Waals surface area contributed by atoms with Crippen LogP contribution in [0.25, 0.3) is 0 Å². The Labute approximate surface area is 422 Å². The van der Waals surface area contributed by atoms with E-state index in [1.54, 1.807) is 75.4 Å². The zero-order valence-electron chi connectivity index (χ0n) is 45.3. The van der Waals surface area contributed by atoms with Crippen molar-refractivity contribution >= 4 is 80.9 Å². The van der Waals surface area contributed by atoms with Crippen LogP contribution in [0.1, 0.15) is 76.2 Å². The normalized spacial score (nSPS) is 13.8. The Bertz CT molecular complexity index is 1220. The van der Waals surface area contributed by atoms with E-state index in [4.69, 9.17) is 117 Å². The highest BCUT2D eigenvalue weighted by Crippen LogP contribution is 2.32. The quantitative estimate of drug-likeness (QED) is 0.0792. The van der Waals surface area contributed by atoms with Crippen molar-refractivity contribution in [3.63, 3.8) is 0 Å². The first-order valence-corrected chi connectivity index (χ1v) is 38.4. The van der Waals surface area contributed by atoms with Crippen LogP contribution >= 0.6 is 0 Å². The van der Waals surface area contributed by atoms with E-state index in [0.29, 0.717) is 13.2 Å². The minimum absolute atomic E-state index is 0.119. The van der Waals surface area contributed by atoms with Gasteiger partial charge in [-0.1, -0.05) is 0 Å². The van der Waals surface area contributed by atoms with Crippen LogP contribution in [0.2, 0.25) is 13.1 Å². The lowest BCUT2D eigenvalue weighted by molar-refractivity contribution is -0.0819. The summed E-state index contributed by atoms with van der Waals surface area (Å²) in [5.41, 5.74) is 0. The van der Waals surface area contributed by atoms with Gasteiger partial charge in [-0.05, 0) is 76.2 Å². The van der Waals surface area contributed by atoms with Gasteiger partial charge in [-0.2, -0.15) is 0 Å². The van der Waals surface area contributed by atoms with E-state index in [2.05, 4.69) is 0 Å². The molecule has 0 aromatic rings. The second kappa shape index (κ2) is 36.8. The molecule has 0 N–H and O–H groups in total. The fourth-order valence-corrected chi connectivity index (χ4v) is 31.9. The summed E-state index contributed by atoms with van der Waals surface area (Å²) < 4.78 is 158. The van der Waals surface area contributed by atoms with Crippen molar-refractivity contribution in [2.75, 3.05) is 137 Å². The van der Waals surface area contributed by atoms with Crippen LogP contribution < -0.4 is 0 Å². The van der Waals surface area contributed by atoms with Crippen LogP contribution in [0.4, 0.5) is 0 Å². The Kier molecular flexibility index (Phi) is 38.4. The van der Waals surface area contributed by atoms with Gasteiger partial charge in [0.25, 0.3) is 0 Å². The van der Waals surface area contributed by atoms with E-state index in [9.17, 15) is 0 Å². The largest absolute Gasteiger partial charge is 0.673 e. The lowest BCUT2D eigenvalue weighted by atomic mass is 10.9. The van der Waals surface area contributed by atoms with Gasteiger partial charge >= 0.3 is 80.9 Å². The first-order chi connectivity index (χ1) is 32.7. The Morgan fingerprint density at radius 1 is 0.188 bits per heavy atom. The zero-order valence-corrected chi connectivity index (χ0v) is 54.3. The van der Waals surface area contributed by atoms with Gasteiger partial charge in [-0.15, -0.1) is 0 Å². The van der Waals surface area contributed by atoms with Gasteiger partial charge in [0.15, 0.2) is 0 Å². The van der Waals surface area contributed by atoms with Crippen molar-refractivity contribution in [3.8, 4) is 0 Å². The molecule has 69 heavy (non-hydrogen) atoms. The van der Waals surface area contributed by atoms with Crippen molar-refractivity contribution in [1.29, 1.82) is 0 Å². The molecule has 0 aromatic heterocycles. The summed E-state index contributed by atoms with van der Waals surface area (Å²) in [5.74, 6) is 0. The molecule has 0 spiro atoms. The van der Waals surface area contributed by atoms with Crippen LogP contribution in [0.15, 0.2) is 0 Å². The molecule has 36 heteroatoms. The zero-order chi connectivity index (χ0) is 53.4. The molecule has 0 aliphatic rings. The summed E-state index contributed by atoms with van der Waals surface area (Å²) in [6.45, 7) is 25.3. The predicted octanol–water partition coefficient (Wildman–Crippen LogP) is 3.49. The molecule has 0 heterocycles. The average Bonchev–Trinajstić information content (AvgIpc) is 3.31. The summed E-state index contributed by atoms with van der Waals surface area (Å²) in [6, 6.07) is 0. The van der Waals surface area contributed by atoms with Crippen molar-refractivity contribution < 1.29 is 117 Å². The summed E-state index contributed by atoms with van der Waals surface area (Å²) in [5, 5.41) is 0. The highest BCUT2D eigenvalue weighted by atomic mass is 28.6. The van der Waals surface area contributed by atoms with Gasteiger partial charge in [0.05, 0.1) is 0 Å². The third kappa shape index (κ3) is 23.8. The molecule has 0 saturated carbocycles. The molecule has 0 aromatic carbocycles. The molecule has 0 atom stereocenters. The highest BCUT2D eigenvalue weighted by Gasteiger charge is 2.70. The van der Waals surface area contributed by atoms with E-state index in [-0.39, 0.29) is 59.5 Å². The summed E-state index contributed by atoms with van der Waals surface area (Å²) in [6.07, 6.45) is 0. The molecule has 0 rings (SSSR count). The van der Waals surface area contributed by atoms with Gasteiger partial charge < -0.3 is 117 Å². The molecular weight excluding hydrogens is 1080 g/mol. The number of hydrogen-bond acceptors (Lipinski definition) is 27. The third-order valence-corrected chi connectivity index (χ3v) is 35.4.